The maximum absolute atomic E-state index is 11.4. The fourth-order valence-electron chi connectivity index (χ4n) is 1.38. The van der Waals surface area contributed by atoms with E-state index in [0.29, 0.717) is 11.5 Å². The summed E-state index contributed by atoms with van der Waals surface area (Å²) in [6.45, 7) is 0. The molecular formula is C10H11N5O2. The van der Waals surface area contributed by atoms with E-state index in [-0.39, 0.29) is 11.4 Å². The van der Waals surface area contributed by atoms with E-state index in [2.05, 4.69) is 14.8 Å². The molecular weight excluding hydrogens is 222 g/mol. The zero-order valence-electron chi connectivity index (χ0n) is 9.12. The highest BCUT2D eigenvalue weighted by atomic mass is 16.5. The Bertz CT molecular complexity index is 564. The van der Waals surface area contributed by atoms with Crippen molar-refractivity contribution in [3.8, 4) is 5.69 Å². The Kier molecular flexibility index (Phi) is 2.65. The standard InChI is InChI=1S/C10H11N5O2/c1-17-10(16)6-4-7(9(12)13-5-6)15-8(11)2-3-14-15/h2-5H,11H2,1H3,(H2,12,13). The number of carbonyl (C=O) groups is 1. The molecule has 0 spiro atoms. The molecule has 0 aliphatic carbocycles. The molecule has 0 saturated carbocycles. The van der Waals surface area contributed by atoms with Crippen molar-refractivity contribution in [3.05, 3.63) is 30.1 Å². The lowest BCUT2D eigenvalue weighted by molar-refractivity contribution is 0.0600. The molecule has 0 aliphatic heterocycles. The largest absolute Gasteiger partial charge is 0.465 e. The third-order valence-electron chi connectivity index (χ3n) is 2.22. The van der Waals surface area contributed by atoms with Gasteiger partial charge in [0.2, 0.25) is 0 Å². The van der Waals surface area contributed by atoms with Gasteiger partial charge in [0.15, 0.2) is 0 Å². The zero-order valence-corrected chi connectivity index (χ0v) is 9.12. The van der Waals surface area contributed by atoms with Gasteiger partial charge in [-0.1, -0.05) is 0 Å². The maximum Gasteiger partial charge on any atom is 0.339 e. The van der Waals surface area contributed by atoms with Crippen molar-refractivity contribution in [2.45, 2.75) is 0 Å². The topological polar surface area (TPSA) is 109 Å². The number of ether oxygens (including phenoxy) is 1. The minimum absolute atomic E-state index is 0.230. The third kappa shape index (κ3) is 1.89. The molecule has 0 fully saturated rings. The SMILES string of the molecule is COC(=O)c1cnc(N)c(-n2nccc2N)c1. The third-order valence-corrected chi connectivity index (χ3v) is 2.22. The molecule has 4 N–H and O–H groups in total. The Balaban J connectivity index is 2.54. The molecule has 0 unspecified atom stereocenters. The van der Waals surface area contributed by atoms with E-state index in [4.69, 9.17) is 11.5 Å². The van der Waals surface area contributed by atoms with Crippen LogP contribution in [-0.4, -0.2) is 27.8 Å². The van der Waals surface area contributed by atoms with Crippen LogP contribution in [-0.2, 0) is 4.74 Å². The monoisotopic (exact) mass is 233 g/mol. The van der Waals surface area contributed by atoms with E-state index in [1.54, 1.807) is 6.07 Å². The Labute approximate surface area is 97.0 Å². The summed E-state index contributed by atoms with van der Waals surface area (Å²) < 4.78 is 6.00. The number of nitrogens with two attached hydrogens (primary N) is 2. The molecule has 0 aliphatic rings. The molecule has 0 atom stereocenters. The van der Waals surface area contributed by atoms with E-state index < -0.39 is 5.97 Å². The summed E-state index contributed by atoms with van der Waals surface area (Å²) >= 11 is 0. The lowest BCUT2D eigenvalue weighted by atomic mass is 10.2. The molecule has 2 heterocycles. The summed E-state index contributed by atoms with van der Waals surface area (Å²) in [5.41, 5.74) is 12.1. The second-order valence-corrected chi connectivity index (χ2v) is 3.29. The molecule has 0 bridgehead atoms. The Hall–Kier alpha value is -2.57. The van der Waals surface area contributed by atoms with Crippen molar-refractivity contribution in [1.82, 2.24) is 14.8 Å². The van der Waals surface area contributed by atoms with Gasteiger partial charge in [-0.2, -0.15) is 5.10 Å². The first-order valence-electron chi connectivity index (χ1n) is 4.77. The maximum atomic E-state index is 11.4. The van der Waals surface area contributed by atoms with E-state index in [1.807, 2.05) is 0 Å². The summed E-state index contributed by atoms with van der Waals surface area (Å²) in [4.78, 5) is 15.3. The number of nitrogen functional groups attached to an aromatic ring is 2. The average Bonchev–Trinajstić information content (AvgIpc) is 2.75. The molecule has 2 aromatic rings. The van der Waals surface area contributed by atoms with Gasteiger partial charge in [0.05, 0.1) is 18.9 Å². The number of hydrogen-bond acceptors (Lipinski definition) is 6. The second kappa shape index (κ2) is 4.12. The summed E-state index contributed by atoms with van der Waals surface area (Å²) in [7, 11) is 1.29. The molecule has 7 nitrogen and oxygen atoms in total. The van der Waals surface area contributed by atoms with Gasteiger partial charge in [-0.05, 0) is 6.07 Å². The molecule has 0 aromatic carbocycles. The Morgan fingerprint density at radius 1 is 1.47 bits per heavy atom. The van der Waals surface area contributed by atoms with Gasteiger partial charge < -0.3 is 16.2 Å². The molecule has 0 radical (unpaired) electrons. The Morgan fingerprint density at radius 3 is 2.82 bits per heavy atom. The van der Waals surface area contributed by atoms with Crippen molar-refractivity contribution in [2.75, 3.05) is 18.6 Å². The minimum Gasteiger partial charge on any atom is -0.465 e. The van der Waals surface area contributed by atoms with Crippen LogP contribution in [0.25, 0.3) is 5.69 Å². The van der Waals surface area contributed by atoms with Gasteiger partial charge in [-0.25, -0.2) is 14.5 Å². The number of anilines is 2. The molecule has 2 rings (SSSR count). The number of hydrogen-bond donors (Lipinski definition) is 2. The van der Waals surface area contributed by atoms with E-state index in [1.165, 1.54) is 30.3 Å². The molecule has 88 valence electrons. The van der Waals surface area contributed by atoms with Crippen molar-refractivity contribution < 1.29 is 9.53 Å². The van der Waals surface area contributed by atoms with Gasteiger partial charge in [0.25, 0.3) is 0 Å². The highest BCUT2D eigenvalue weighted by molar-refractivity contribution is 5.90. The molecule has 2 aromatic heterocycles. The second-order valence-electron chi connectivity index (χ2n) is 3.29. The smallest absolute Gasteiger partial charge is 0.339 e. The first kappa shape index (κ1) is 10.9. The number of carbonyl (C=O) groups excluding carboxylic acids is 1. The van der Waals surface area contributed by atoms with Crippen molar-refractivity contribution in [3.63, 3.8) is 0 Å². The van der Waals surface area contributed by atoms with Crippen molar-refractivity contribution in [2.24, 2.45) is 0 Å². The van der Waals surface area contributed by atoms with Crippen LogP contribution in [0.5, 0.6) is 0 Å². The van der Waals surface area contributed by atoms with Gasteiger partial charge in [-0.15, -0.1) is 0 Å². The van der Waals surface area contributed by atoms with Gasteiger partial charge in [0.1, 0.15) is 17.3 Å². The van der Waals surface area contributed by atoms with Gasteiger partial charge in [-0.3, -0.25) is 0 Å². The van der Waals surface area contributed by atoms with E-state index in [9.17, 15) is 4.79 Å². The van der Waals surface area contributed by atoms with Crippen LogP contribution >= 0.6 is 0 Å². The summed E-state index contributed by atoms with van der Waals surface area (Å²) in [5.74, 6) is 0.137. The van der Waals surface area contributed by atoms with Gasteiger partial charge in [0, 0.05) is 12.3 Å². The number of nitrogens with zero attached hydrogens (tertiary/aromatic N) is 3. The average molecular weight is 233 g/mol. The molecule has 0 amide bonds. The predicted molar refractivity (Wildman–Crippen MR) is 61.5 cm³/mol. The summed E-state index contributed by atoms with van der Waals surface area (Å²) in [5, 5.41) is 3.99. The number of pyridine rings is 1. The molecule has 0 saturated heterocycles. The van der Waals surface area contributed by atoms with Crippen LogP contribution in [0.4, 0.5) is 11.6 Å². The fourth-order valence-corrected chi connectivity index (χ4v) is 1.38. The fraction of sp³-hybridized carbons (Fsp3) is 0.100. The Morgan fingerprint density at radius 2 is 2.24 bits per heavy atom. The first-order chi connectivity index (χ1) is 8.13. The predicted octanol–water partition coefficient (Wildman–Crippen LogP) is 0.218. The van der Waals surface area contributed by atoms with Gasteiger partial charge >= 0.3 is 5.97 Å². The van der Waals surface area contributed by atoms with Crippen LogP contribution in [0.15, 0.2) is 24.5 Å². The quantitative estimate of drug-likeness (QED) is 0.718. The number of methoxy groups -OCH3 is 1. The zero-order chi connectivity index (χ0) is 12.4. The van der Waals surface area contributed by atoms with Crippen LogP contribution in [0.2, 0.25) is 0 Å². The number of rotatable bonds is 2. The highest BCUT2D eigenvalue weighted by Crippen LogP contribution is 2.18. The van der Waals surface area contributed by atoms with Crippen LogP contribution in [0.3, 0.4) is 0 Å². The molecule has 7 heteroatoms. The van der Waals surface area contributed by atoms with Crippen LogP contribution in [0, 0.1) is 0 Å². The number of aromatic nitrogens is 3. The summed E-state index contributed by atoms with van der Waals surface area (Å²) in [6.07, 6.45) is 2.87. The first-order valence-corrected chi connectivity index (χ1v) is 4.77. The molecule has 17 heavy (non-hydrogen) atoms. The van der Waals surface area contributed by atoms with Crippen LogP contribution in [0.1, 0.15) is 10.4 Å². The van der Waals surface area contributed by atoms with E-state index in [0.717, 1.165) is 0 Å². The number of esters is 1. The summed E-state index contributed by atoms with van der Waals surface area (Å²) in [6, 6.07) is 3.14. The highest BCUT2D eigenvalue weighted by Gasteiger charge is 2.12. The van der Waals surface area contributed by atoms with Crippen molar-refractivity contribution >= 4 is 17.6 Å². The lowest BCUT2D eigenvalue weighted by Gasteiger charge is -2.08. The van der Waals surface area contributed by atoms with Crippen molar-refractivity contribution in [1.29, 1.82) is 0 Å². The lowest BCUT2D eigenvalue weighted by Crippen LogP contribution is -2.09. The van der Waals surface area contributed by atoms with Crippen LogP contribution < -0.4 is 11.5 Å². The minimum atomic E-state index is -0.496. The normalized spacial score (nSPS) is 10.2. The van der Waals surface area contributed by atoms with E-state index >= 15 is 0 Å².